The molecule has 1 aromatic carbocycles. The predicted octanol–water partition coefficient (Wildman–Crippen LogP) is 2.42. The van der Waals surface area contributed by atoms with Crippen molar-refractivity contribution in [2.75, 3.05) is 44.3 Å². The van der Waals surface area contributed by atoms with E-state index in [9.17, 15) is 19.2 Å². The molecule has 4 heterocycles. The van der Waals surface area contributed by atoms with E-state index >= 15 is 0 Å². The number of hydrogen-bond donors (Lipinski definition) is 1. The van der Waals surface area contributed by atoms with Crippen LogP contribution >= 0.6 is 11.3 Å². The number of morpholine rings is 1. The van der Waals surface area contributed by atoms with Gasteiger partial charge in [0.1, 0.15) is 12.1 Å². The number of thiophene rings is 1. The Balaban J connectivity index is 1.28. The van der Waals surface area contributed by atoms with Crippen molar-refractivity contribution < 1.29 is 23.9 Å². The first kappa shape index (κ1) is 26.4. The molecule has 2 aromatic rings. The Bertz CT molecular complexity index is 1180. The van der Waals surface area contributed by atoms with Crippen molar-refractivity contribution in [3.8, 4) is 0 Å². The van der Waals surface area contributed by atoms with E-state index in [1.807, 2.05) is 31.4 Å². The quantitative estimate of drug-likeness (QED) is 0.582. The van der Waals surface area contributed by atoms with Crippen LogP contribution in [0, 0.1) is 5.92 Å². The number of amides is 3. The van der Waals surface area contributed by atoms with Crippen LogP contribution in [0.4, 0.5) is 5.69 Å². The fourth-order valence-electron chi connectivity index (χ4n) is 5.67. The van der Waals surface area contributed by atoms with Crippen LogP contribution in [-0.4, -0.2) is 90.8 Å². The van der Waals surface area contributed by atoms with Gasteiger partial charge in [-0.2, -0.15) is 11.3 Å². The molecule has 3 aliphatic rings. The molecule has 0 saturated carbocycles. The summed E-state index contributed by atoms with van der Waals surface area (Å²) in [6.45, 7) is 7.37. The van der Waals surface area contributed by atoms with Gasteiger partial charge in [0.05, 0.1) is 31.4 Å². The van der Waals surface area contributed by atoms with E-state index in [0.29, 0.717) is 43.7 Å². The maximum Gasteiger partial charge on any atom is 0.255 e. The van der Waals surface area contributed by atoms with Gasteiger partial charge in [-0.15, -0.1) is 0 Å². The van der Waals surface area contributed by atoms with Gasteiger partial charge in [-0.1, -0.05) is 13.8 Å². The summed E-state index contributed by atoms with van der Waals surface area (Å²) in [6.07, 6.45) is 0.999. The molecule has 0 spiro atoms. The Morgan fingerprint density at radius 1 is 1.03 bits per heavy atom. The number of ketones is 1. The molecule has 3 fully saturated rings. The van der Waals surface area contributed by atoms with Crippen molar-refractivity contribution in [1.82, 2.24) is 15.1 Å². The Labute approximate surface area is 226 Å². The van der Waals surface area contributed by atoms with E-state index in [0.717, 1.165) is 18.8 Å². The third kappa shape index (κ3) is 5.33. The molecular formula is C28H34N4O5S. The molecule has 3 saturated heterocycles. The lowest BCUT2D eigenvalue weighted by molar-refractivity contribution is -0.138. The first-order chi connectivity index (χ1) is 18.3. The Morgan fingerprint density at radius 2 is 1.76 bits per heavy atom. The normalized spacial score (nSPS) is 22.1. The highest BCUT2D eigenvalue weighted by Crippen LogP contribution is 2.32. The fraction of sp³-hybridized carbons (Fsp3) is 0.500. The van der Waals surface area contributed by atoms with Crippen LogP contribution in [-0.2, 0) is 14.3 Å². The van der Waals surface area contributed by atoms with Crippen LogP contribution in [0.2, 0.25) is 0 Å². The highest BCUT2D eigenvalue weighted by atomic mass is 32.1. The molecule has 0 aliphatic carbocycles. The van der Waals surface area contributed by atoms with Crippen molar-refractivity contribution >= 4 is 40.5 Å². The molecule has 9 nitrogen and oxygen atoms in total. The number of fused-ring (bicyclic) bond motifs is 1. The van der Waals surface area contributed by atoms with Crippen LogP contribution in [0.1, 0.15) is 47.4 Å². The SMILES string of the molecule is CC(C)CC(NC(=O)c1ccc(N2CCOCC2)cc1)C(=O)N1CCC2C1C(=O)CN2C(=O)c1ccsc1. The van der Waals surface area contributed by atoms with E-state index in [1.54, 1.807) is 33.4 Å². The van der Waals surface area contributed by atoms with E-state index < -0.39 is 12.1 Å². The van der Waals surface area contributed by atoms with E-state index in [1.165, 1.54) is 11.3 Å². The highest BCUT2D eigenvalue weighted by Gasteiger charge is 2.52. The fourth-order valence-corrected chi connectivity index (χ4v) is 6.30. The third-order valence-electron chi connectivity index (χ3n) is 7.55. The summed E-state index contributed by atoms with van der Waals surface area (Å²) in [7, 11) is 0. The average molecular weight is 539 g/mol. The number of Topliss-reactive ketones (excluding diaryl/α,β-unsaturated/α-hetero) is 1. The van der Waals surface area contributed by atoms with E-state index in [2.05, 4.69) is 10.2 Å². The first-order valence-electron chi connectivity index (χ1n) is 13.2. The summed E-state index contributed by atoms with van der Waals surface area (Å²) in [6, 6.07) is 7.39. The number of anilines is 1. The van der Waals surface area contributed by atoms with Gasteiger partial charge in [0, 0.05) is 36.3 Å². The monoisotopic (exact) mass is 538 g/mol. The third-order valence-corrected chi connectivity index (χ3v) is 8.23. The number of carbonyl (C=O) groups is 4. The number of ether oxygens (including phenoxy) is 1. The molecule has 3 atom stereocenters. The molecule has 10 heteroatoms. The molecule has 38 heavy (non-hydrogen) atoms. The molecule has 202 valence electrons. The zero-order valence-electron chi connectivity index (χ0n) is 21.8. The minimum Gasteiger partial charge on any atom is -0.378 e. The van der Waals surface area contributed by atoms with Crippen molar-refractivity contribution in [3.63, 3.8) is 0 Å². The Hall–Kier alpha value is -3.24. The lowest BCUT2D eigenvalue weighted by Crippen LogP contribution is -2.53. The second-order valence-electron chi connectivity index (χ2n) is 10.5. The zero-order valence-corrected chi connectivity index (χ0v) is 22.6. The molecule has 3 amide bonds. The molecule has 3 unspecified atom stereocenters. The maximum atomic E-state index is 13.7. The zero-order chi connectivity index (χ0) is 26.8. The average Bonchev–Trinajstić information content (AvgIpc) is 3.67. The van der Waals surface area contributed by atoms with Crippen molar-refractivity contribution in [3.05, 3.63) is 52.2 Å². The summed E-state index contributed by atoms with van der Waals surface area (Å²) in [5.41, 5.74) is 2.08. The predicted molar refractivity (Wildman–Crippen MR) is 144 cm³/mol. The summed E-state index contributed by atoms with van der Waals surface area (Å²) in [5.74, 6) is -0.725. The van der Waals surface area contributed by atoms with Gasteiger partial charge in [0.25, 0.3) is 11.8 Å². The number of carbonyl (C=O) groups excluding carboxylic acids is 4. The van der Waals surface area contributed by atoms with Gasteiger partial charge in [0.15, 0.2) is 5.78 Å². The Morgan fingerprint density at radius 3 is 2.42 bits per heavy atom. The molecular weight excluding hydrogens is 504 g/mol. The van der Waals surface area contributed by atoms with Gasteiger partial charge in [-0.05, 0) is 54.5 Å². The molecule has 3 aliphatic heterocycles. The number of nitrogens with one attached hydrogen (secondary N) is 1. The van der Waals surface area contributed by atoms with Gasteiger partial charge in [0.2, 0.25) is 5.91 Å². The first-order valence-corrected chi connectivity index (χ1v) is 14.2. The lowest BCUT2D eigenvalue weighted by atomic mass is 10.0. The number of rotatable bonds is 7. The standard InChI is InChI=1S/C28H34N4O5S/c1-18(2)15-22(29-26(34)19-3-5-21(6-4-19)30-10-12-37-13-11-30)28(36)31-9-7-23-25(31)24(33)16-32(23)27(35)20-8-14-38-17-20/h3-6,8,14,17-18,22-23,25H,7,9-13,15-16H2,1-2H3,(H,29,34). The minimum absolute atomic E-state index is 0.00446. The molecule has 0 bridgehead atoms. The number of nitrogens with zero attached hydrogens (tertiary/aromatic N) is 3. The molecule has 1 aromatic heterocycles. The second-order valence-corrected chi connectivity index (χ2v) is 11.3. The maximum absolute atomic E-state index is 13.7. The molecule has 5 rings (SSSR count). The number of benzene rings is 1. The summed E-state index contributed by atoms with van der Waals surface area (Å²) >= 11 is 1.43. The van der Waals surface area contributed by atoms with Crippen LogP contribution in [0.25, 0.3) is 0 Å². The van der Waals surface area contributed by atoms with Crippen molar-refractivity contribution in [1.29, 1.82) is 0 Å². The summed E-state index contributed by atoms with van der Waals surface area (Å²) < 4.78 is 5.41. The highest BCUT2D eigenvalue weighted by molar-refractivity contribution is 7.08. The van der Waals surface area contributed by atoms with Gasteiger partial charge >= 0.3 is 0 Å². The van der Waals surface area contributed by atoms with Gasteiger partial charge in [-0.3, -0.25) is 19.2 Å². The second kappa shape index (κ2) is 11.2. The van der Waals surface area contributed by atoms with Crippen LogP contribution < -0.4 is 10.2 Å². The van der Waals surface area contributed by atoms with Crippen molar-refractivity contribution in [2.24, 2.45) is 5.92 Å². The largest absolute Gasteiger partial charge is 0.378 e. The Kier molecular flexibility index (Phi) is 7.80. The number of likely N-dealkylation sites (tertiary alicyclic amines) is 2. The van der Waals surface area contributed by atoms with E-state index in [4.69, 9.17) is 4.74 Å². The smallest absolute Gasteiger partial charge is 0.255 e. The topological polar surface area (TPSA) is 99.3 Å². The van der Waals surface area contributed by atoms with Crippen LogP contribution in [0.5, 0.6) is 0 Å². The van der Waals surface area contributed by atoms with Gasteiger partial charge < -0.3 is 24.8 Å². The lowest BCUT2D eigenvalue weighted by Gasteiger charge is -2.29. The number of hydrogen-bond acceptors (Lipinski definition) is 7. The van der Waals surface area contributed by atoms with Crippen molar-refractivity contribution in [2.45, 2.75) is 44.8 Å². The molecule has 0 radical (unpaired) electrons. The summed E-state index contributed by atoms with van der Waals surface area (Å²) in [4.78, 5) is 58.3. The molecule has 1 N–H and O–H groups in total. The minimum atomic E-state index is -0.755. The van der Waals surface area contributed by atoms with Gasteiger partial charge in [-0.25, -0.2) is 0 Å². The van der Waals surface area contributed by atoms with Crippen LogP contribution in [0.15, 0.2) is 41.1 Å². The van der Waals surface area contributed by atoms with E-state index in [-0.39, 0.29) is 42.0 Å². The van der Waals surface area contributed by atoms with Crippen LogP contribution in [0.3, 0.4) is 0 Å². The summed E-state index contributed by atoms with van der Waals surface area (Å²) in [5, 5.41) is 6.55.